The van der Waals surface area contributed by atoms with Crippen molar-refractivity contribution in [1.29, 1.82) is 0 Å². The summed E-state index contributed by atoms with van der Waals surface area (Å²) >= 11 is 0. The lowest BCUT2D eigenvalue weighted by molar-refractivity contribution is 0.194. The molecule has 2 heterocycles. The fourth-order valence-electron chi connectivity index (χ4n) is 4.50. The minimum absolute atomic E-state index is 0.103. The molecule has 0 saturated carbocycles. The molecule has 0 spiro atoms. The van der Waals surface area contributed by atoms with Crippen molar-refractivity contribution in [3.05, 3.63) is 119 Å². The quantitative estimate of drug-likeness (QED) is 0.392. The molecular weight excluding hydrogens is 394 g/mol. The van der Waals surface area contributed by atoms with Gasteiger partial charge in [0.2, 0.25) is 0 Å². The monoisotopic (exact) mass is 421 g/mol. The van der Waals surface area contributed by atoms with Crippen LogP contribution >= 0.6 is 0 Å². The highest BCUT2D eigenvalue weighted by Gasteiger charge is 2.33. The number of carbonyl (C=O) groups excluding carboxylic acids is 1. The van der Waals surface area contributed by atoms with Crippen LogP contribution in [0.1, 0.15) is 39.6 Å². The van der Waals surface area contributed by atoms with E-state index in [-0.39, 0.29) is 12.1 Å². The van der Waals surface area contributed by atoms with Crippen LogP contribution in [0.25, 0.3) is 5.69 Å². The van der Waals surface area contributed by atoms with Crippen LogP contribution in [-0.2, 0) is 6.54 Å². The third-order valence-electron chi connectivity index (χ3n) is 6.25. The van der Waals surface area contributed by atoms with Gasteiger partial charge in [0.05, 0.1) is 18.3 Å². The Hall–Kier alpha value is -3.79. The minimum Gasteiger partial charge on any atom is -0.318 e. The van der Waals surface area contributed by atoms with Crippen molar-refractivity contribution in [3.8, 4) is 5.69 Å². The predicted molar refractivity (Wildman–Crippen MR) is 129 cm³/mol. The van der Waals surface area contributed by atoms with Gasteiger partial charge in [0.15, 0.2) is 0 Å². The molecule has 1 atom stereocenters. The summed E-state index contributed by atoms with van der Waals surface area (Å²) in [5.41, 5.74) is 8.64. The van der Waals surface area contributed by atoms with Crippen molar-refractivity contribution in [1.82, 2.24) is 9.47 Å². The highest BCUT2D eigenvalue weighted by molar-refractivity contribution is 5.91. The molecule has 160 valence electrons. The van der Waals surface area contributed by atoms with E-state index in [4.69, 9.17) is 0 Å². The summed E-state index contributed by atoms with van der Waals surface area (Å²) in [5.74, 6) is 0. The molecule has 4 heteroatoms. The molecule has 32 heavy (non-hydrogen) atoms. The molecule has 2 amide bonds. The molecule has 1 aliphatic rings. The van der Waals surface area contributed by atoms with Gasteiger partial charge in [-0.3, -0.25) is 0 Å². The van der Waals surface area contributed by atoms with E-state index in [1.54, 1.807) is 0 Å². The zero-order valence-corrected chi connectivity index (χ0v) is 18.7. The molecule has 1 N–H and O–H groups in total. The molecule has 4 nitrogen and oxygen atoms in total. The van der Waals surface area contributed by atoms with Gasteiger partial charge in [-0.15, -0.1) is 0 Å². The van der Waals surface area contributed by atoms with Crippen molar-refractivity contribution < 1.29 is 4.79 Å². The lowest BCUT2D eigenvalue weighted by Crippen LogP contribution is -2.38. The molecule has 1 unspecified atom stereocenters. The van der Waals surface area contributed by atoms with E-state index in [2.05, 4.69) is 83.7 Å². The van der Waals surface area contributed by atoms with E-state index in [1.165, 1.54) is 5.56 Å². The van der Waals surface area contributed by atoms with E-state index in [1.807, 2.05) is 36.9 Å². The molecule has 4 aromatic rings. The summed E-state index contributed by atoms with van der Waals surface area (Å²) in [7, 11) is 0. The van der Waals surface area contributed by atoms with Crippen molar-refractivity contribution in [2.75, 3.05) is 5.32 Å². The average Bonchev–Trinajstić information content (AvgIpc) is 3.21. The Morgan fingerprint density at radius 1 is 0.875 bits per heavy atom. The maximum absolute atomic E-state index is 13.8. The average molecular weight is 422 g/mol. The summed E-state index contributed by atoms with van der Waals surface area (Å²) in [5, 5.41) is 3.19. The molecule has 0 saturated heterocycles. The Morgan fingerprint density at radius 2 is 1.62 bits per heavy atom. The number of hydrogen-bond donors (Lipinski definition) is 1. The topological polar surface area (TPSA) is 37.3 Å². The number of aromatic nitrogens is 1. The molecule has 0 aliphatic carbocycles. The van der Waals surface area contributed by atoms with E-state index >= 15 is 0 Å². The van der Waals surface area contributed by atoms with Crippen LogP contribution in [0.4, 0.5) is 10.5 Å². The third-order valence-corrected chi connectivity index (χ3v) is 6.25. The Kier molecular flexibility index (Phi) is 5.06. The van der Waals surface area contributed by atoms with Gasteiger partial charge in [-0.1, -0.05) is 60.2 Å². The second-order valence-corrected chi connectivity index (χ2v) is 8.62. The molecule has 0 radical (unpaired) electrons. The fourth-order valence-corrected chi connectivity index (χ4v) is 4.50. The number of anilines is 1. The number of benzene rings is 3. The number of hydrogen-bond acceptors (Lipinski definition) is 1. The zero-order valence-electron chi connectivity index (χ0n) is 18.7. The molecular formula is C28H27N3O. The maximum Gasteiger partial charge on any atom is 0.322 e. The van der Waals surface area contributed by atoms with Gasteiger partial charge >= 0.3 is 6.03 Å². The minimum atomic E-state index is -0.205. The van der Waals surface area contributed by atoms with Crippen molar-refractivity contribution >= 4 is 11.7 Å². The van der Waals surface area contributed by atoms with Crippen LogP contribution in [-0.4, -0.2) is 15.5 Å². The molecule has 0 bridgehead atoms. The summed E-state index contributed by atoms with van der Waals surface area (Å²) in [6.45, 7) is 6.67. The van der Waals surface area contributed by atoms with Crippen LogP contribution in [0.2, 0.25) is 0 Å². The Morgan fingerprint density at radius 3 is 2.44 bits per heavy atom. The summed E-state index contributed by atoms with van der Waals surface area (Å²) < 4.78 is 2.21. The Balaban J connectivity index is 1.63. The first-order valence-electron chi connectivity index (χ1n) is 11.0. The second-order valence-electron chi connectivity index (χ2n) is 8.62. The predicted octanol–water partition coefficient (Wildman–Crippen LogP) is 6.54. The molecule has 0 fully saturated rings. The number of para-hydroxylation sites is 1. The lowest BCUT2D eigenvalue weighted by Gasteiger charge is -2.31. The van der Waals surface area contributed by atoms with E-state index in [9.17, 15) is 4.79 Å². The van der Waals surface area contributed by atoms with Crippen LogP contribution in [0, 0.1) is 20.8 Å². The van der Waals surface area contributed by atoms with Crippen molar-refractivity contribution in [3.63, 3.8) is 0 Å². The zero-order chi connectivity index (χ0) is 22.2. The first kappa shape index (κ1) is 20.1. The van der Waals surface area contributed by atoms with Crippen molar-refractivity contribution in [2.45, 2.75) is 33.4 Å². The maximum atomic E-state index is 13.8. The van der Waals surface area contributed by atoms with E-state index in [0.717, 1.165) is 39.3 Å². The summed E-state index contributed by atoms with van der Waals surface area (Å²) in [6.07, 6.45) is 2.08. The van der Waals surface area contributed by atoms with Crippen LogP contribution < -0.4 is 5.32 Å². The number of fused-ring (bicyclic) bond motifs is 3. The summed E-state index contributed by atoms with van der Waals surface area (Å²) in [6, 6.07) is 26.8. The second kappa shape index (κ2) is 8.04. The number of amides is 2. The van der Waals surface area contributed by atoms with Crippen LogP contribution in [0.5, 0.6) is 0 Å². The number of carbonyl (C=O) groups is 1. The van der Waals surface area contributed by atoms with E-state index in [0.29, 0.717) is 6.54 Å². The number of rotatable bonds is 2. The lowest BCUT2D eigenvalue weighted by atomic mass is 10.0. The number of nitrogens with one attached hydrogen (secondary N) is 1. The number of urea groups is 1. The van der Waals surface area contributed by atoms with Gasteiger partial charge in [-0.2, -0.15) is 0 Å². The van der Waals surface area contributed by atoms with E-state index < -0.39 is 0 Å². The smallest absolute Gasteiger partial charge is 0.318 e. The number of nitrogens with zero attached hydrogens (tertiary/aromatic N) is 2. The Labute approximate surface area is 189 Å². The van der Waals surface area contributed by atoms with Crippen LogP contribution in [0.15, 0.2) is 85.1 Å². The van der Waals surface area contributed by atoms with Gasteiger partial charge in [-0.05, 0) is 67.3 Å². The summed E-state index contributed by atoms with van der Waals surface area (Å²) in [4.78, 5) is 15.7. The third kappa shape index (κ3) is 3.58. The SMILES string of the molecule is Cc1ccc(C2c3cccn3-c3ccccc3CN2C(=O)Nc2cc(C)ccc2C)cc1. The standard InChI is InChI=1S/C28H27N3O/c1-19-11-14-22(15-12-19)27-26-9-6-16-30(26)25-8-5-4-7-23(25)18-31(27)28(32)29-24-17-20(2)10-13-21(24)3/h4-17,27H,18H2,1-3H3,(H,29,32). The van der Waals surface area contributed by atoms with Gasteiger partial charge in [0, 0.05) is 17.6 Å². The normalized spacial score (nSPS) is 15.0. The highest BCUT2D eigenvalue weighted by Crippen LogP contribution is 2.37. The molecule has 1 aliphatic heterocycles. The first-order chi connectivity index (χ1) is 15.5. The van der Waals surface area contributed by atoms with Gasteiger partial charge < -0.3 is 14.8 Å². The van der Waals surface area contributed by atoms with Gasteiger partial charge in [0.1, 0.15) is 0 Å². The van der Waals surface area contributed by atoms with Crippen molar-refractivity contribution in [2.24, 2.45) is 0 Å². The highest BCUT2D eigenvalue weighted by atomic mass is 16.2. The molecule has 3 aromatic carbocycles. The Bertz CT molecular complexity index is 1290. The molecule has 1 aromatic heterocycles. The largest absolute Gasteiger partial charge is 0.322 e. The molecule has 5 rings (SSSR count). The fraction of sp³-hybridized carbons (Fsp3) is 0.179. The number of aryl methyl sites for hydroxylation is 3. The van der Waals surface area contributed by atoms with Gasteiger partial charge in [-0.25, -0.2) is 4.79 Å². The first-order valence-corrected chi connectivity index (χ1v) is 11.0. The van der Waals surface area contributed by atoms with Crippen LogP contribution in [0.3, 0.4) is 0 Å². The van der Waals surface area contributed by atoms with Gasteiger partial charge in [0.25, 0.3) is 0 Å².